The van der Waals surface area contributed by atoms with E-state index in [0.717, 1.165) is 41.9 Å². The van der Waals surface area contributed by atoms with Crippen molar-refractivity contribution in [3.63, 3.8) is 0 Å². The highest BCUT2D eigenvalue weighted by molar-refractivity contribution is 7.81. The SMILES string of the molecule is NC(=Nc1ccc2c(c1)C(NCc1ccccc1)CCC2)C1=CC=CCC1=S. The van der Waals surface area contributed by atoms with Crippen molar-refractivity contribution in [2.24, 2.45) is 10.7 Å². The molecule has 2 aromatic rings. The zero-order valence-electron chi connectivity index (χ0n) is 15.9. The second kappa shape index (κ2) is 8.63. The summed E-state index contributed by atoms with van der Waals surface area (Å²) in [6, 6.07) is 17.3. The molecule has 28 heavy (non-hydrogen) atoms. The van der Waals surface area contributed by atoms with E-state index < -0.39 is 0 Å². The number of amidine groups is 1. The maximum atomic E-state index is 6.26. The molecular formula is C24H25N3S. The van der Waals surface area contributed by atoms with Crippen molar-refractivity contribution < 1.29 is 0 Å². The third kappa shape index (κ3) is 4.29. The van der Waals surface area contributed by atoms with Gasteiger partial charge in [0.05, 0.1) is 5.69 Å². The van der Waals surface area contributed by atoms with Crippen molar-refractivity contribution in [2.75, 3.05) is 0 Å². The van der Waals surface area contributed by atoms with E-state index in [9.17, 15) is 0 Å². The van der Waals surface area contributed by atoms with Crippen LogP contribution in [0.1, 0.15) is 42.0 Å². The summed E-state index contributed by atoms with van der Waals surface area (Å²) in [6.07, 6.45) is 10.2. The van der Waals surface area contributed by atoms with Gasteiger partial charge in [0.2, 0.25) is 0 Å². The first-order chi connectivity index (χ1) is 13.7. The van der Waals surface area contributed by atoms with Crippen LogP contribution in [0.2, 0.25) is 0 Å². The Morgan fingerprint density at radius 3 is 2.86 bits per heavy atom. The number of allylic oxidation sites excluding steroid dienone is 3. The van der Waals surface area contributed by atoms with E-state index in [1.165, 1.54) is 23.1 Å². The topological polar surface area (TPSA) is 50.4 Å². The first kappa shape index (κ1) is 18.8. The van der Waals surface area contributed by atoms with Crippen molar-refractivity contribution in [3.8, 4) is 0 Å². The van der Waals surface area contributed by atoms with Gasteiger partial charge in [0.15, 0.2) is 0 Å². The van der Waals surface area contributed by atoms with Crippen LogP contribution < -0.4 is 11.1 Å². The monoisotopic (exact) mass is 387 g/mol. The highest BCUT2D eigenvalue weighted by atomic mass is 32.1. The number of hydrogen-bond donors (Lipinski definition) is 2. The molecule has 0 aromatic heterocycles. The molecule has 4 heteroatoms. The van der Waals surface area contributed by atoms with Crippen molar-refractivity contribution in [3.05, 3.63) is 89.0 Å². The fraction of sp³-hybridized carbons (Fsp3) is 0.250. The molecular weight excluding hydrogens is 362 g/mol. The lowest BCUT2D eigenvalue weighted by atomic mass is 9.87. The van der Waals surface area contributed by atoms with Crippen molar-refractivity contribution in [1.29, 1.82) is 0 Å². The van der Waals surface area contributed by atoms with Crippen LogP contribution in [0.15, 0.2) is 77.3 Å². The molecule has 1 atom stereocenters. The van der Waals surface area contributed by atoms with Crippen LogP contribution >= 0.6 is 12.2 Å². The van der Waals surface area contributed by atoms with E-state index in [2.05, 4.69) is 58.8 Å². The molecule has 0 bridgehead atoms. The lowest BCUT2D eigenvalue weighted by Gasteiger charge is -2.27. The Morgan fingerprint density at radius 2 is 2.04 bits per heavy atom. The van der Waals surface area contributed by atoms with Gasteiger partial charge in [-0.3, -0.25) is 0 Å². The molecule has 0 saturated carbocycles. The Bertz CT molecular complexity index is 957. The number of aryl methyl sites for hydroxylation is 1. The summed E-state index contributed by atoms with van der Waals surface area (Å²) < 4.78 is 0. The van der Waals surface area contributed by atoms with E-state index in [1.54, 1.807) is 0 Å². The normalized spacial score (nSPS) is 19.3. The van der Waals surface area contributed by atoms with Crippen molar-refractivity contribution >= 4 is 28.6 Å². The molecule has 3 nitrogen and oxygen atoms in total. The van der Waals surface area contributed by atoms with E-state index in [-0.39, 0.29) is 0 Å². The first-order valence-corrected chi connectivity index (χ1v) is 10.3. The van der Waals surface area contributed by atoms with Gasteiger partial charge in [-0.2, -0.15) is 0 Å². The van der Waals surface area contributed by atoms with Crippen LogP contribution in [0.5, 0.6) is 0 Å². The number of rotatable bonds is 5. The van der Waals surface area contributed by atoms with Gasteiger partial charge in [-0.1, -0.05) is 66.8 Å². The summed E-state index contributed by atoms with van der Waals surface area (Å²) in [6.45, 7) is 0.869. The number of nitrogens with one attached hydrogen (secondary N) is 1. The molecule has 4 rings (SSSR count). The second-order valence-electron chi connectivity index (χ2n) is 7.33. The van der Waals surface area contributed by atoms with Gasteiger partial charge in [-0.25, -0.2) is 4.99 Å². The number of nitrogens with two attached hydrogens (primary N) is 1. The van der Waals surface area contributed by atoms with Gasteiger partial charge >= 0.3 is 0 Å². The predicted octanol–water partition coefficient (Wildman–Crippen LogP) is 5.10. The van der Waals surface area contributed by atoms with Crippen LogP contribution in [-0.2, 0) is 13.0 Å². The maximum absolute atomic E-state index is 6.26. The van der Waals surface area contributed by atoms with Gasteiger partial charge in [0, 0.05) is 29.4 Å². The fourth-order valence-corrected chi connectivity index (χ4v) is 4.14. The maximum Gasteiger partial charge on any atom is 0.132 e. The second-order valence-corrected chi connectivity index (χ2v) is 7.82. The van der Waals surface area contributed by atoms with Crippen molar-refractivity contribution in [1.82, 2.24) is 5.32 Å². The Morgan fingerprint density at radius 1 is 1.18 bits per heavy atom. The van der Waals surface area contributed by atoms with Crippen LogP contribution in [0.25, 0.3) is 0 Å². The number of thiocarbonyl (C=S) groups is 1. The Kier molecular flexibility index (Phi) is 5.79. The summed E-state index contributed by atoms with van der Waals surface area (Å²) in [5.41, 5.74) is 12.1. The van der Waals surface area contributed by atoms with Crippen LogP contribution in [0.3, 0.4) is 0 Å². The lowest BCUT2D eigenvalue weighted by molar-refractivity contribution is 0.459. The lowest BCUT2D eigenvalue weighted by Crippen LogP contribution is -2.25. The molecule has 0 spiro atoms. The minimum absolute atomic E-state index is 0.346. The zero-order valence-corrected chi connectivity index (χ0v) is 16.7. The fourth-order valence-electron chi connectivity index (χ4n) is 3.87. The zero-order chi connectivity index (χ0) is 19.3. The van der Waals surface area contributed by atoms with Gasteiger partial charge in [-0.15, -0.1) is 0 Å². The minimum Gasteiger partial charge on any atom is -0.383 e. The Labute approximate surface area is 172 Å². The summed E-state index contributed by atoms with van der Waals surface area (Å²) in [4.78, 5) is 5.52. The molecule has 142 valence electrons. The minimum atomic E-state index is 0.346. The van der Waals surface area contributed by atoms with Crippen molar-refractivity contribution in [2.45, 2.75) is 38.3 Å². The Hall–Kier alpha value is -2.56. The molecule has 2 aromatic carbocycles. The van der Waals surface area contributed by atoms with Crippen LogP contribution in [0.4, 0.5) is 5.69 Å². The number of fused-ring (bicyclic) bond motifs is 1. The van der Waals surface area contributed by atoms with Gasteiger partial charge in [0.1, 0.15) is 5.84 Å². The average molecular weight is 388 g/mol. The third-order valence-electron chi connectivity index (χ3n) is 5.37. The van der Waals surface area contributed by atoms with Gasteiger partial charge in [-0.05, 0) is 48.1 Å². The quantitative estimate of drug-likeness (QED) is 0.426. The van der Waals surface area contributed by atoms with Crippen LogP contribution in [0, 0.1) is 0 Å². The number of benzene rings is 2. The summed E-state index contributed by atoms with van der Waals surface area (Å²) in [5.74, 6) is 0.499. The molecule has 0 saturated heterocycles. The molecule has 2 aliphatic rings. The molecule has 0 radical (unpaired) electrons. The predicted molar refractivity (Wildman–Crippen MR) is 121 cm³/mol. The molecule has 2 aliphatic carbocycles. The smallest absolute Gasteiger partial charge is 0.132 e. The molecule has 1 unspecified atom stereocenters. The van der Waals surface area contributed by atoms with Crippen LogP contribution in [-0.4, -0.2) is 10.7 Å². The summed E-state index contributed by atoms with van der Waals surface area (Å²) in [7, 11) is 0. The van der Waals surface area contributed by atoms with Gasteiger partial charge in [0.25, 0.3) is 0 Å². The summed E-state index contributed by atoms with van der Waals surface area (Å²) >= 11 is 5.43. The first-order valence-electron chi connectivity index (χ1n) is 9.85. The number of hydrogen-bond acceptors (Lipinski definition) is 3. The largest absolute Gasteiger partial charge is 0.383 e. The molecule has 0 fully saturated rings. The van der Waals surface area contributed by atoms with E-state index in [0.29, 0.717) is 11.9 Å². The third-order valence-corrected chi connectivity index (χ3v) is 5.75. The number of nitrogens with zero attached hydrogens (tertiary/aromatic N) is 1. The molecule has 0 heterocycles. The summed E-state index contributed by atoms with van der Waals surface area (Å²) in [5, 5.41) is 3.72. The van der Waals surface area contributed by atoms with E-state index in [4.69, 9.17) is 18.0 Å². The average Bonchev–Trinajstić information content (AvgIpc) is 2.73. The Balaban J connectivity index is 1.55. The van der Waals surface area contributed by atoms with E-state index in [1.807, 2.05) is 18.2 Å². The molecule has 3 N–H and O–H groups in total. The highest BCUT2D eigenvalue weighted by Crippen LogP contribution is 2.33. The van der Waals surface area contributed by atoms with Gasteiger partial charge < -0.3 is 11.1 Å². The number of aliphatic imine (C=N–C) groups is 1. The molecule has 0 aliphatic heterocycles. The standard InChI is InChI=1S/C24H25N3S/c25-24(20-10-4-5-12-23(20)28)27-19-14-13-18-9-6-11-22(21(18)15-19)26-16-17-7-2-1-3-8-17/h1-5,7-8,10,13-15,22,26H,6,9,11-12,16H2,(H2,25,27). The van der Waals surface area contributed by atoms with E-state index >= 15 is 0 Å². The molecule has 0 amide bonds. The highest BCUT2D eigenvalue weighted by Gasteiger charge is 2.20.